The molecular weight excluding hydrogens is 396 g/mol. The fourth-order valence-corrected chi connectivity index (χ4v) is 2.28. The van der Waals surface area contributed by atoms with Gasteiger partial charge < -0.3 is 10.6 Å². The normalized spacial score (nSPS) is 10.2. The van der Waals surface area contributed by atoms with Crippen molar-refractivity contribution in [3.8, 4) is 0 Å². The van der Waals surface area contributed by atoms with E-state index in [1.165, 1.54) is 6.07 Å². The van der Waals surface area contributed by atoms with Gasteiger partial charge in [0.1, 0.15) is 5.69 Å². The van der Waals surface area contributed by atoms with E-state index >= 15 is 0 Å². The summed E-state index contributed by atoms with van der Waals surface area (Å²) in [5, 5.41) is 27.0. The van der Waals surface area contributed by atoms with Crippen molar-refractivity contribution in [2.45, 2.75) is 6.92 Å². The summed E-state index contributed by atoms with van der Waals surface area (Å²) < 4.78 is 0.908. The molecule has 1 amide bonds. The molecule has 2 rings (SSSR count). The third-order valence-corrected chi connectivity index (χ3v) is 4.16. The number of carbonyl (C=O) groups is 1. The van der Waals surface area contributed by atoms with E-state index in [-0.39, 0.29) is 12.2 Å². The number of aryl methyl sites for hydroxylation is 1. The van der Waals surface area contributed by atoms with Gasteiger partial charge >= 0.3 is 0 Å². The molecule has 0 radical (unpaired) electrons. The first-order valence-corrected chi connectivity index (χ1v) is 7.80. The number of carbonyl (C=O) groups excluding carboxylic acids is 1. The summed E-state index contributed by atoms with van der Waals surface area (Å²) in [6.07, 6.45) is 0. The van der Waals surface area contributed by atoms with Crippen LogP contribution in [0.5, 0.6) is 0 Å². The Labute approximate surface area is 150 Å². The Kier molecular flexibility index (Phi) is 5.65. The van der Waals surface area contributed by atoms with E-state index in [9.17, 15) is 25.0 Å². The zero-order valence-corrected chi connectivity index (χ0v) is 14.6. The molecule has 0 saturated heterocycles. The third kappa shape index (κ3) is 4.73. The zero-order valence-electron chi connectivity index (χ0n) is 13.0. The van der Waals surface area contributed by atoms with Crippen molar-refractivity contribution in [2.24, 2.45) is 0 Å². The first-order chi connectivity index (χ1) is 11.8. The minimum absolute atomic E-state index is 0.0257. The van der Waals surface area contributed by atoms with Gasteiger partial charge in [0.15, 0.2) is 0 Å². The average molecular weight is 409 g/mol. The van der Waals surface area contributed by atoms with Crippen LogP contribution in [0.15, 0.2) is 40.9 Å². The van der Waals surface area contributed by atoms with Crippen molar-refractivity contribution < 1.29 is 14.6 Å². The number of non-ortho nitro benzene ring substituents is 1. The first kappa shape index (κ1) is 18.3. The van der Waals surface area contributed by atoms with Gasteiger partial charge in [-0.3, -0.25) is 25.0 Å². The predicted octanol–water partition coefficient (Wildman–Crippen LogP) is 3.62. The Morgan fingerprint density at radius 2 is 1.84 bits per heavy atom. The molecule has 0 unspecified atom stereocenters. The molecule has 9 nitrogen and oxygen atoms in total. The second-order valence-electron chi connectivity index (χ2n) is 5.08. The van der Waals surface area contributed by atoms with E-state index in [1.54, 1.807) is 18.2 Å². The molecule has 10 heteroatoms. The van der Waals surface area contributed by atoms with Gasteiger partial charge in [0, 0.05) is 16.2 Å². The van der Waals surface area contributed by atoms with Gasteiger partial charge in [0.2, 0.25) is 5.91 Å². The number of nitro benzene ring substituents is 2. The molecule has 0 saturated carbocycles. The number of benzene rings is 2. The summed E-state index contributed by atoms with van der Waals surface area (Å²) in [5.41, 5.74) is 0.689. The van der Waals surface area contributed by atoms with Gasteiger partial charge in [-0.25, -0.2) is 0 Å². The second-order valence-corrected chi connectivity index (χ2v) is 5.94. The molecule has 0 aliphatic rings. The lowest BCUT2D eigenvalue weighted by Crippen LogP contribution is -2.22. The standard InChI is InChI=1S/C15H13BrN4O5/c1-9-6-10(2-4-12(9)16)18-15(21)8-17-13-5-3-11(19(22)23)7-14(13)20(24)25/h2-7,17H,8H2,1H3,(H,18,21). The van der Waals surface area contributed by atoms with Gasteiger partial charge in [0.05, 0.1) is 22.5 Å². The molecule has 2 aromatic rings. The number of hydrogen-bond donors (Lipinski definition) is 2. The number of nitrogens with one attached hydrogen (secondary N) is 2. The van der Waals surface area contributed by atoms with Crippen molar-refractivity contribution in [1.82, 2.24) is 0 Å². The minimum Gasteiger partial charge on any atom is -0.371 e. The van der Waals surface area contributed by atoms with E-state index in [0.29, 0.717) is 5.69 Å². The van der Waals surface area contributed by atoms with Gasteiger partial charge in [0.25, 0.3) is 11.4 Å². The third-order valence-electron chi connectivity index (χ3n) is 3.27. The van der Waals surface area contributed by atoms with Crippen molar-refractivity contribution in [3.63, 3.8) is 0 Å². The molecule has 2 aromatic carbocycles. The van der Waals surface area contributed by atoms with Gasteiger partial charge in [-0.15, -0.1) is 0 Å². The molecule has 0 atom stereocenters. The summed E-state index contributed by atoms with van der Waals surface area (Å²) in [6.45, 7) is 1.64. The Bertz CT molecular complexity index is 856. The van der Waals surface area contributed by atoms with E-state index < -0.39 is 27.1 Å². The Morgan fingerprint density at radius 1 is 1.12 bits per heavy atom. The van der Waals surface area contributed by atoms with Gasteiger partial charge in [-0.1, -0.05) is 15.9 Å². The van der Waals surface area contributed by atoms with E-state index in [1.807, 2.05) is 6.92 Å². The Hall–Kier alpha value is -3.01. The molecule has 0 heterocycles. The maximum absolute atomic E-state index is 12.0. The molecule has 0 aromatic heterocycles. The monoisotopic (exact) mass is 408 g/mol. The summed E-state index contributed by atoms with van der Waals surface area (Å²) >= 11 is 3.36. The van der Waals surface area contributed by atoms with Crippen LogP contribution in [0, 0.1) is 27.2 Å². The number of hydrogen-bond acceptors (Lipinski definition) is 6. The predicted molar refractivity (Wildman–Crippen MR) is 95.7 cm³/mol. The topological polar surface area (TPSA) is 127 Å². The van der Waals surface area contributed by atoms with Gasteiger partial charge in [-0.05, 0) is 36.8 Å². The Morgan fingerprint density at radius 3 is 2.44 bits per heavy atom. The number of anilines is 2. The molecule has 0 bridgehead atoms. The summed E-state index contributed by atoms with van der Waals surface area (Å²) in [4.78, 5) is 32.2. The molecule has 130 valence electrons. The van der Waals surface area contributed by atoms with Crippen LogP contribution in [0.4, 0.5) is 22.7 Å². The number of amides is 1. The summed E-state index contributed by atoms with van der Waals surface area (Å²) in [5.74, 6) is -0.408. The largest absolute Gasteiger partial charge is 0.371 e. The molecule has 2 N–H and O–H groups in total. The number of rotatable bonds is 6. The van der Waals surface area contributed by atoms with Crippen LogP contribution in [-0.2, 0) is 4.79 Å². The Balaban J connectivity index is 2.07. The maximum Gasteiger partial charge on any atom is 0.299 e. The maximum atomic E-state index is 12.0. The van der Waals surface area contributed by atoms with Crippen LogP contribution < -0.4 is 10.6 Å². The minimum atomic E-state index is -0.745. The highest BCUT2D eigenvalue weighted by molar-refractivity contribution is 9.10. The fraction of sp³-hybridized carbons (Fsp3) is 0.133. The highest BCUT2D eigenvalue weighted by atomic mass is 79.9. The van der Waals surface area contributed by atoms with Crippen LogP contribution in [-0.4, -0.2) is 22.3 Å². The molecule has 0 spiro atoms. The lowest BCUT2D eigenvalue weighted by Gasteiger charge is -2.09. The lowest BCUT2D eigenvalue weighted by molar-refractivity contribution is -0.393. The SMILES string of the molecule is Cc1cc(NC(=O)CNc2ccc([N+](=O)[O-])cc2[N+](=O)[O-])ccc1Br. The highest BCUT2D eigenvalue weighted by Gasteiger charge is 2.19. The lowest BCUT2D eigenvalue weighted by atomic mass is 10.2. The molecule has 0 aliphatic heterocycles. The molecule has 25 heavy (non-hydrogen) atoms. The molecular formula is C15H13BrN4O5. The van der Waals surface area contributed by atoms with Crippen LogP contribution in [0.2, 0.25) is 0 Å². The zero-order chi connectivity index (χ0) is 18.6. The number of halogens is 1. The van der Waals surface area contributed by atoms with Gasteiger partial charge in [-0.2, -0.15) is 0 Å². The summed E-state index contributed by atoms with van der Waals surface area (Å²) in [6, 6.07) is 8.45. The fourth-order valence-electron chi connectivity index (χ4n) is 2.04. The highest BCUT2D eigenvalue weighted by Crippen LogP contribution is 2.28. The van der Waals surface area contributed by atoms with Crippen LogP contribution >= 0.6 is 15.9 Å². The number of nitro groups is 2. The average Bonchev–Trinajstić information content (AvgIpc) is 2.56. The van der Waals surface area contributed by atoms with Crippen LogP contribution in [0.25, 0.3) is 0 Å². The van der Waals surface area contributed by atoms with Crippen LogP contribution in [0.1, 0.15) is 5.56 Å². The van der Waals surface area contributed by atoms with E-state index in [0.717, 1.165) is 22.2 Å². The molecule has 0 fully saturated rings. The summed E-state index contributed by atoms with van der Waals surface area (Å²) in [7, 11) is 0. The first-order valence-electron chi connectivity index (χ1n) is 7.00. The quantitative estimate of drug-likeness (QED) is 0.554. The van der Waals surface area contributed by atoms with Crippen molar-refractivity contribution in [3.05, 3.63) is 66.7 Å². The van der Waals surface area contributed by atoms with E-state index in [2.05, 4.69) is 26.6 Å². The van der Waals surface area contributed by atoms with Crippen molar-refractivity contribution >= 4 is 44.6 Å². The smallest absolute Gasteiger partial charge is 0.299 e. The second kappa shape index (κ2) is 7.71. The van der Waals surface area contributed by atoms with Crippen molar-refractivity contribution in [2.75, 3.05) is 17.2 Å². The molecule has 0 aliphatic carbocycles. The van der Waals surface area contributed by atoms with Crippen LogP contribution in [0.3, 0.4) is 0 Å². The number of nitrogens with zero attached hydrogens (tertiary/aromatic N) is 2. The van der Waals surface area contributed by atoms with E-state index in [4.69, 9.17) is 0 Å². The van der Waals surface area contributed by atoms with Crippen molar-refractivity contribution in [1.29, 1.82) is 0 Å².